The van der Waals surface area contributed by atoms with Crippen LogP contribution >= 0.6 is 0 Å². The number of benzene rings is 1. The molecule has 2 aromatic rings. The zero-order valence-corrected chi connectivity index (χ0v) is 16.0. The molecule has 7 nitrogen and oxygen atoms in total. The second-order valence-electron chi connectivity index (χ2n) is 7.13. The van der Waals surface area contributed by atoms with E-state index >= 15 is 0 Å². The Kier molecular flexibility index (Phi) is 5.80. The van der Waals surface area contributed by atoms with E-state index in [1.807, 2.05) is 0 Å². The highest BCUT2D eigenvalue weighted by atomic mass is 19.1. The molecule has 2 aliphatic rings. The lowest BCUT2D eigenvalue weighted by molar-refractivity contribution is -0.142. The van der Waals surface area contributed by atoms with Crippen LogP contribution in [-0.4, -0.2) is 60.5 Å². The summed E-state index contributed by atoms with van der Waals surface area (Å²) in [5.74, 6) is 0.741. The molecule has 2 fully saturated rings. The Morgan fingerprint density at radius 2 is 1.76 bits per heavy atom. The number of carbonyl (C=O) groups is 2. The van der Waals surface area contributed by atoms with E-state index in [1.54, 1.807) is 21.9 Å². The summed E-state index contributed by atoms with van der Waals surface area (Å²) in [7, 11) is 0. The molecule has 1 unspecified atom stereocenters. The fourth-order valence-corrected chi connectivity index (χ4v) is 3.52. The zero-order valence-electron chi connectivity index (χ0n) is 16.0. The van der Waals surface area contributed by atoms with Gasteiger partial charge in [0.25, 0.3) is 11.8 Å². The van der Waals surface area contributed by atoms with E-state index in [-0.39, 0.29) is 36.1 Å². The maximum Gasteiger partial charge on any atom is 0.289 e. The number of nitrogens with zero attached hydrogens (tertiary/aromatic N) is 2. The van der Waals surface area contributed by atoms with E-state index < -0.39 is 0 Å². The van der Waals surface area contributed by atoms with Crippen molar-refractivity contribution in [2.75, 3.05) is 32.8 Å². The van der Waals surface area contributed by atoms with Gasteiger partial charge in [0.15, 0.2) is 5.76 Å². The number of furan rings is 1. The van der Waals surface area contributed by atoms with Crippen LogP contribution in [-0.2, 0) is 16.1 Å². The lowest BCUT2D eigenvalue weighted by Gasteiger charge is -2.35. The van der Waals surface area contributed by atoms with Gasteiger partial charge in [-0.05, 0) is 49.2 Å². The Labute approximate surface area is 168 Å². The first-order chi connectivity index (χ1) is 14.1. The summed E-state index contributed by atoms with van der Waals surface area (Å²) in [5, 5.41) is 0. The highest BCUT2D eigenvalue weighted by Crippen LogP contribution is 2.19. The number of ether oxygens (including phenoxy) is 2. The summed E-state index contributed by atoms with van der Waals surface area (Å²) in [4.78, 5) is 28.5. The summed E-state index contributed by atoms with van der Waals surface area (Å²) in [6, 6.07) is 9.00. The van der Waals surface area contributed by atoms with Gasteiger partial charge >= 0.3 is 0 Å². The van der Waals surface area contributed by atoms with E-state index in [2.05, 4.69) is 0 Å². The molecule has 0 saturated carbocycles. The van der Waals surface area contributed by atoms with Crippen LogP contribution in [0.4, 0.5) is 4.39 Å². The van der Waals surface area contributed by atoms with Gasteiger partial charge in [-0.3, -0.25) is 9.59 Å². The monoisotopic (exact) mass is 402 g/mol. The quantitative estimate of drug-likeness (QED) is 0.768. The Morgan fingerprint density at radius 1 is 1.03 bits per heavy atom. The summed E-state index contributed by atoms with van der Waals surface area (Å²) in [6.45, 7) is 2.68. The first-order valence-corrected chi connectivity index (χ1v) is 9.77. The molecule has 2 saturated heterocycles. The lowest BCUT2D eigenvalue weighted by Crippen LogP contribution is -2.52. The first kappa shape index (κ1) is 19.4. The standard InChI is InChI=1S/C21H23FN2O5/c22-15-3-5-16(6-4-15)28-14-17-7-8-19(29-17)21(26)24-11-9-23(10-12-24)20(25)18-2-1-13-27-18/h3-8,18H,1-2,9-14H2. The number of hydrogen-bond acceptors (Lipinski definition) is 5. The van der Waals surface area contributed by atoms with Crippen LogP contribution in [0, 0.1) is 5.82 Å². The zero-order chi connectivity index (χ0) is 20.2. The Bertz CT molecular complexity index is 852. The Morgan fingerprint density at radius 3 is 2.45 bits per heavy atom. The number of amides is 2. The topological polar surface area (TPSA) is 72.2 Å². The third kappa shape index (κ3) is 4.59. The van der Waals surface area contributed by atoms with Crippen molar-refractivity contribution in [1.82, 2.24) is 9.80 Å². The molecule has 2 amide bonds. The SMILES string of the molecule is O=C(c1ccc(COc2ccc(F)cc2)o1)N1CCN(C(=O)C2CCCO2)CC1. The molecular weight excluding hydrogens is 379 g/mol. The number of hydrogen-bond donors (Lipinski definition) is 0. The normalized spacial score (nSPS) is 19.4. The van der Waals surface area contributed by atoms with Gasteiger partial charge in [0.1, 0.15) is 30.0 Å². The van der Waals surface area contributed by atoms with Gasteiger partial charge in [-0.25, -0.2) is 4.39 Å². The van der Waals surface area contributed by atoms with Crippen LogP contribution in [0.1, 0.15) is 29.2 Å². The second kappa shape index (κ2) is 8.65. The summed E-state index contributed by atoms with van der Waals surface area (Å²) >= 11 is 0. The smallest absolute Gasteiger partial charge is 0.289 e. The summed E-state index contributed by atoms with van der Waals surface area (Å²) < 4.78 is 29.5. The van der Waals surface area contributed by atoms with Crippen molar-refractivity contribution < 1.29 is 27.9 Å². The van der Waals surface area contributed by atoms with Gasteiger partial charge in [-0.15, -0.1) is 0 Å². The van der Waals surface area contributed by atoms with Crippen molar-refractivity contribution in [3.8, 4) is 5.75 Å². The molecule has 0 bridgehead atoms. The maximum atomic E-state index is 12.9. The van der Waals surface area contributed by atoms with Gasteiger partial charge in [-0.1, -0.05) is 0 Å². The molecule has 2 aliphatic heterocycles. The van der Waals surface area contributed by atoms with E-state index in [1.165, 1.54) is 24.3 Å². The van der Waals surface area contributed by atoms with Crippen molar-refractivity contribution in [3.63, 3.8) is 0 Å². The molecule has 3 heterocycles. The number of rotatable bonds is 5. The second-order valence-corrected chi connectivity index (χ2v) is 7.13. The lowest BCUT2D eigenvalue weighted by atomic mass is 10.2. The van der Waals surface area contributed by atoms with E-state index in [0.717, 1.165) is 12.8 Å². The maximum absolute atomic E-state index is 12.9. The molecule has 0 aliphatic carbocycles. The highest BCUT2D eigenvalue weighted by molar-refractivity contribution is 5.91. The minimum absolute atomic E-state index is 0.0211. The average Bonchev–Trinajstić information content (AvgIpc) is 3.45. The molecule has 1 atom stereocenters. The number of carbonyl (C=O) groups excluding carboxylic acids is 2. The van der Waals surface area contributed by atoms with Crippen LogP contribution < -0.4 is 4.74 Å². The third-order valence-corrected chi connectivity index (χ3v) is 5.15. The number of halogens is 1. The molecule has 1 aromatic heterocycles. The van der Waals surface area contributed by atoms with Crippen LogP contribution in [0.25, 0.3) is 0 Å². The van der Waals surface area contributed by atoms with Crippen molar-refractivity contribution in [2.45, 2.75) is 25.6 Å². The predicted molar refractivity (Wildman–Crippen MR) is 101 cm³/mol. The number of piperazine rings is 1. The molecule has 1 aromatic carbocycles. The fraction of sp³-hybridized carbons (Fsp3) is 0.429. The van der Waals surface area contributed by atoms with Gasteiger partial charge in [-0.2, -0.15) is 0 Å². The van der Waals surface area contributed by atoms with E-state index in [9.17, 15) is 14.0 Å². The van der Waals surface area contributed by atoms with Gasteiger partial charge in [0.2, 0.25) is 0 Å². The molecular formula is C21H23FN2O5. The highest BCUT2D eigenvalue weighted by Gasteiger charge is 2.32. The molecule has 29 heavy (non-hydrogen) atoms. The largest absolute Gasteiger partial charge is 0.486 e. The Balaban J connectivity index is 1.28. The van der Waals surface area contributed by atoms with Crippen molar-refractivity contribution in [1.29, 1.82) is 0 Å². The fourth-order valence-electron chi connectivity index (χ4n) is 3.52. The van der Waals surface area contributed by atoms with Crippen molar-refractivity contribution in [3.05, 3.63) is 53.7 Å². The third-order valence-electron chi connectivity index (χ3n) is 5.15. The summed E-state index contributed by atoms with van der Waals surface area (Å²) in [5.41, 5.74) is 0. The van der Waals surface area contributed by atoms with Gasteiger partial charge in [0.05, 0.1) is 0 Å². The van der Waals surface area contributed by atoms with Crippen molar-refractivity contribution in [2.24, 2.45) is 0 Å². The first-order valence-electron chi connectivity index (χ1n) is 9.77. The van der Waals surface area contributed by atoms with Crippen LogP contribution in [0.5, 0.6) is 5.75 Å². The van der Waals surface area contributed by atoms with Crippen molar-refractivity contribution >= 4 is 11.8 Å². The molecule has 8 heteroatoms. The predicted octanol–water partition coefficient (Wildman–Crippen LogP) is 2.46. The van der Waals surface area contributed by atoms with Crippen LogP contribution in [0.2, 0.25) is 0 Å². The van der Waals surface area contributed by atoms with Crippen LogP contribution in [0.3, 0.4) is 0 Å². The van der Waals surface area contributed by atoms with Crippen LogP contribution in [0.15, 0.2) is 40.8 Å². The van der Waals surface area contributed by atoms with Gasteiger partial charge < -0.3 is 23.7 Å². The minimum atomic E-state index is -0.333. The Hall–Kier alpha value is -2.87. The molecule has 154 valence electrons. The molecule has 4 rings (SSSR count). The van der Waals surface area contributed by atoms with Gasteiger partial charge in [0, 0.05) is 32.8 Å². The molecule has 0 radical (unpaired) electrons. The average molecular weight is 402 g/mol. The van der Waals surface area contributed by atoms with E-state index in [0.29, 0.717) is 44.3 Å². The summed E-state index contributed by atoms with van der Waals surface area (Å²) in [6.07, 6.45) is 1.36. The molecule has 0 spiro atoms. The molecule has 0 N–H and O–H groups in total. The van der Waals surface area contributed by atoms with E-state index in [4.69, 9.17) is 13.9 Å². The minimum Gasteiger partial charge on any atom is -0.486 e.